The van der Waals surface area contributed by atoms with Crippen molar-refractivity contribution in [2.75, 3.05) is 57.3 Å². The van der Waals surface area contributed by atoms with Gasteiger partial charge in [-0.05, 0) is 43.9 Å². The SMILES string of the molecule is CCCCc1oc2ccccc2c1C(=O)N1CCC(OCCCN2CCN(c3cc(C#N)ccn3)CC2)CC1. The zero-order valence-electron chi connectivity index (χ0n) is 23.0. The molecule has 2 aliphatic heterocycles. The molecule has 39 heavy (non-hydrogen) atoms. The van der Waals surface area contributed by atoms with Gasteiger partial charge in [0.1, 0.15) is 17.2 Å². The van der Waals surface area contributed by atoms with Crippen molar-refractivity contribution in [2.45, 2.75) is 51.6 Å². The van der Waals surface area contributed by atoms with Gasteiger partial charge >= 0.3 is 0 Å². The van der Waals surface area contributed by atoms with Crippen LogP contribution in [-0.4, -0.2) is 79.2 Å². The number of benzene rings is 1. The number of amides is 1. The third kappa shape index (κ3) is 6.60. The summed E-state index contributed by atoms with van der Waals surface area (Å²) in [7, 11) is 0. The van der Waals surface area contributed by atoms with Crippen LogP contribution in [0.25, 0.3) is 11.0 Å². The summed E-state index contributed by atoms with van der Waals surface area (Å²) in [5.74, 6) is 1.81. The van der Waals surface area contributed by atoms with E-state index in [4.69, 9.17) is 14.4 Å². The number of carbonyl (C=O) groups is 1. The normalized spacial score (nSPS) is 17.0. The highest BCUT2D eigenvalue weighted by Crippen LogP contribution is 2.29. The maximum absolute atomic E-state index is 13.5. The summed E-state index contributed by atoms with van der Waals surface area (Å²) in [5, 5.41) is 10.1. The molecule has 0 saturated carbocycles. The molecule has 0 unspecified atom stereocenters. The second kappa shape index (κ2) is 13.1. The van der Waals surface area contributed by atoms with E-state index in [1.54, 1.807) is 12.3 Å². The van der Waals surface area contributed by atoms with Crippen LogP contribution >= 0.6 is 0 Å². The van der Waals surface area contributed by atoms with Crippen molar-refractivity contribution in [1.29, 1.82) is 5.26 Å². The number of hydrogen-bond acceptors (Lipinski definition) is 7. The molecule has 2 fully saturated rings. The molecule has 8 nitrogen and oxygen atoms in total. The number of unbranched alkanes of at least 4 members (excludes halogenated alkanes) is 1. The Bertz CT molecular complexity index is 1280. The highest BCUT2D eigenvalue weighted by atomic mass is 16.5. The highest BCUT2D eigenvalue weighted by molar-refractivity contribution is 6.07. The Balaban J connectivity index is 1.03. The average Bonchev–Trinajstić information content (AvgIpc) is 3.37. The van der Waals surface area contributed by atoms with Gasteiger partial charge in [0.25, 0.3) is 5.91 Å². The first kappa shape index (κ1) is 27.2. The minimum atomic E-state index is 0.0956. The largest absolute Gasteiger partial charge is 0.460 e. The number of ether oxygens (including phenoxy) is 1. The topological polar surface area (TPSA) is 85.8 Å². The van der Waals surface area contributed by atoms with Crippen LogP contribution in [0.3, 0.4) is 0 Å². The summed E-state index contributed by atoms with van der Waals surface area (Å²) in [6, 6.07) is 13.7. The number of para-hydroxylation sites is 1. The number of aromatic nitrogens is 1. The third-order valence-electron chi connectivity index (χ3n) is 7.91. The van der Waals surface area contributed by atoms with Crippen molar-refractivity contribution >= 4 is 22.7 Å². The number of pyridine rings is 1. The number of fused-ring (bicyclic) bond motifs is 1. The fraction of sp³-hybridized carbons (Fsp3) is 0.516. The molecule has 0 spiro atoms. The van der Waals surface area contributed by atoms with Gasteiger partial charge < -0.3 is 19.0 Å². The minimum absolute atomic E-state index is 0.0956. The van der Waals surface area contributed by atoms with Gasteiger partial charge in [-0.15, -0.1) is 0 Å². The first-order chi connectivity index (χ1) is 19.2. The van der Waals surface area contributed by atoms with Crippen molar-refractivity contribution in [2.24, 2.45) is 0 Å². The van der Waals surface area contributed by atoms with Gasteiger partial charge in [-0.2, -0.15) is 5.26 Å². The Kier molecular flexibility index (Phi) is 9.12. The molecule has 2 aliphatic rings. The number of hydrogen-bond donors (Lipinski definition) is 0. The molecule has 206 valence electrons. The molecule has 2 aromatic heterocycles. The molecule has 8 heteroatoms. The summed E-state index contributed by atoms with van der Waals surface area (Å²) in [5.41, 5.74) is 2.21. The molecule has 1 amide bonds. The van der Waals surface area contributed by atoms with Crippen molar-refractivity contribution in [1.82, 2.24) is 14.8 Å². The lowest BCUT2D eigenvalue weighted by molar-refractivity contribution is 0.00527. The zero-order chi connectivity index (χ0) is 27.0. The summed E-state index contributed by atoms with van der Waals surface area (Å²) >= 11 is 0. The molecule has 3 aromatic rings. The smallest absolute Gasteiger partial charge is 0.258 e. The molecule has 5 rings (SSSR count). The molecule has 2 saturated heterocycles. The molecule has 1 aromatic carbocycles. The quantitative estimate of drug-likeness (QED) is 0.346. The minimum Gasteiger partial charge on any atom is -0.460 e. The van der Waals surface area contributed by atoms with E-state index in [1.807, 2.05) is 35.2 Å². The van der Waals surface area contributed by atoms with Gasteiger partial charge in [-0.25, -0.2) is 4.98 Å². The fourth-order valence-corrected chi connectivity index (χ4v) is 5.63. The second-order valence-corrected chi connectivity index (χ2v) is 10.6. The van der Waals surface area contributed by atoms with Gasteiger partial charge in [0.05, 0.1) is 23.3 Å². The molecular formula is C31H39N5O3. The summed E-state index contributed by atoms with van der Waals surface area (Å²) in [6.07, 6.45) is 7.55. The van der Waals surface area contributed by atoms with E-state index < -0.39 is 0 Å². The van der Waals surface area contributed by atoms with Gasteiger partial charge in [0.15, 0.2) is 0 Å². The lowest BCUT2D eigenvalue weighted by Crippen LogP contribution is -2.47. The van der Waals surface area contributed by atoms with Crippen LogP contribution in [0.15, 0.2) is 47.0 Å². The van der Waals surface area contributed by atoms with Crippen molar-refractivity contribution in [3.05, 3.63) is 59.5 Å². The standard InChI is InChI=1S/C31H39N5O3/c1-2-3-8-28-30(26-7-4-5-9-27(26)39-28)31(37)36-15-11-25(12-16-36)38-21-6-14-34-17-19-35(20-18-34)29-22-24(23-32)10-13-33-29/h4-5,7,9-10,13,22,25H,2-3,6,8,11-12,14-21H2,1H3. The first-order valence-corrected chi connectivity index (χ1v) is 14.4. The molecular weight excluding hydrogens is 490 g/mol. The molecule has 0 bridgehead atoms. The first-order valence-electron chi connectivity index (χ1n) is 14.4. The van der Waals surface area contributed by atoms with Crippen LogP contribution in [0.2, 0.25) is 0 Å². The number of aryl methyl sites for hydroxylation is 1. The summed E-state index contributed by atoms with van der Waals surface area (Å²) in [6.45, 7) is 9.18. The van der Waals surface area contributed by atoms with E-state index in [2.05, 4.69) is 27.8 Å². The number of rotatable bonds is 10. The Morgan fingerprint density at radius 3 is 2.67 bits per heavy atom. The van der Waals surface area contributed by atoms with Crippen molar-refractivity contribution < 1.29 is 13.9 Å². The van der Waals surface area contributed by atoms with Crippen LogP contribution in [-0.2, 0) is 11.2 Å². The van der Waals surface area contributed by atoms with Crippen LogP contribution in [0, 0.1) is 11.3 Å². The van der Waals surface area contributed by atoms with E-state index in [1.165, 1.54) is 0 Å². The lowest BCUT2D eigenvalue weighted by atomic mass is 10.0. The van der Waals surface area contributed by atoms with E-state index in [-0.39, 0.29) is 12.0 Å². The zero-order valence-corrected chi connectivity index (χ0v) is 23.0. The maximum Gasteiger partial charge on any atom is 0.258 e. The Morgan fingerprint density at radius 2 is 1.90 bits per heavy atom. The summed E-state index contributed by atoms with van der Waals surface area (Å²) in [4.78, 5) is 24.7. The number of carbonyl (C=O) groups excluding carboxylic acids is 1. The second-order valence-electron chi connectivity index (χ2n) is 10.6. The van der Waals surface area contributed by atoms with Crippen LogP contribution in [0.5, 0.6) is 0 Å². The molecule has 0 radical (unpaired) electrons. The van der Waals surface area contributed by atoms with Gasteiger partial charge in [0, 0.05) is 70.4 Å². The Hall–Kier alpha value is -3.41. The predicted molar refractivity (Wildman–Crippen MR) is 152 cm³/mol. The number of nitrogens with zero attached hydrogens (tertiary/aromatic N) is 5. The van der Waals surface area contributed by atoms with E-state index in [0.717, 1.165) is 119 Å². The highest BCUT2D eigenvalue weighted by Gasteiger charge is 2.29. The molecule has 4 heterocycles. The van der Waals surface area contributed by atoms with Crippen molar-refractivity contribution in [3.63, 3.8) is 0 Å². The molecule has 0 N–H and O–H groups in total. The van der Waals surface area contributed by atoms with Gasteiger partial charge in [-0.3, -0.25) is 9.69 Å². The number of piperidine rings is 1. The number of likely N-dealkylation sites (tertiary alicyclic amines) is 1. The average molecular weight is 530 g/mol. The van der Waals surface area contributed by atoms with Gasteiger partial charge in [-0.1, -0.05) is 31.5 Å². The molecule has 0 atom stereocenters. The van der Waals surface area contributed by atoms with E-state index in [9.17, 15) is 4.79 Å². The number of piperazine rings is 1. The third-order valence-corrected chi connectivity index (χ3v) is 7.91. The van der Waals surface area contributed by atoms with Crippen molar-refractivity contribution in [3.8, 4) is 6.07 Å². The summed E-state index contributed by atoms with van der Waals surface area (Å²) < 4.78 is 12.3. The Morgan fingerprint density at radius 1 is 1.10 bits per heavy atom. The predicted octanol–water partition coefficient (Wildman–Crippen LogP) is 4.88. The van der Waals surface area contributed by atoms with E-state index in [0.29, 0.717) is 5.56 Å². The fourth-order valence-electron chi connectivity index (χ4n) is 5.63. The number of furan rings is 1. The Labute approximate surface area is 231 Å². The van der Waals surface area contributed by atoms with Crippen LogP contribution in [0.4, 0.5) is 5.82 Å². The number of anilines is 1. The monoisotopic (exact) mass is 529 g/mol. The van der Waals surface area contributed by atoms with Crippen LogP contribution < -0.4 is 4.90 Å². The van der Waals surface area contributed by atoms with E-state index >= 15 is 0 Å². The van der Waals surface area contributed by atoms with Gasteiger partial charge in [0.2, 0.25) is 0 Å². The molecule has 0 aliphatic carbocycles. The lowest BCUT2D eigenvalue weighted by Gasteiger charge is -2.35. The maximum atomic E-state index is 13.5. The van der Waals surface area contributed by atoms with Crippen LogP contribution in [0.1, 0.15) is 60.7 Å². The number of nitriles is 1.